The minimum atomic E-state index is -4.58. The van der Waals surface area contributed by atoms with E-state index in [9.17, 15) is 27.6 Å². The summed E-state index contributed by atoms with van der Waals surface area (Å²) in [5.41, 5.74) is -1.02. The first-order valence-corrected chi connectivity index (χ1v) is 7.09. The molecule has 0 bridgehead atoms. The molecule has 0 spiro atoms. The number of amides is 2. The zero-order chi connectivity index (χ0) is 18.4. The third-order valence-electron chi connectivity index (χ3n) is 3.81. The van der Waals surface area contributed by atoms with Crippen LogP contribution in [0.3, 0.4) is 0 Å². The number of carboxylic acids is 1. The molecule has 0 aromatic heterocycles. The Morgan fingerprint density at radius 1 is 0.960 bits per heavy atom. The first kappa shape index (κ1) is 16.7. The van der Waals surface area contributed by atoms with Crippen LogP contribution in [0.25, 0.3) is 11.1 Å². The van der Waals surface area contributed by atoms with E-state index in [4.69, 9.17) is 5.11 Å². The monoisotopic (exact) mass is 349 g/mol. The Balaban J connectivity index is 2.09. The van der Waals surface area contributed by atoms with E-state index in [0.29, 0.717) is 4.90 Å². The first-order valence-electron chi connectivity index (χ1n) is 7.09. The lowest BCUT2D eigenvalue weighted by Crippen LogP contribution is -2.34. The van der Waals surface area contributed by atoms with Crippen LogP contribution in [0.1, 0.15) is 26.3 Å². The smallest absolute Gasteiger partial charge is 0.417 e. The summed E-state index contributed by atoms with van der Waals surface area (Å²) in [7, 11) is 0. The summed E-state index contributed by atoms with van der Waals surface area (Å²) in [4.78, 5) is 35.6. The van der Waals surface area contributed by atoms with Crippen molar-refractivity contribution in [2.24, 2.45) is 0 Å². The Bertz CT molecular complexity index is 905. The summed E-state index contributed by atoms with van der Waals surface area (Å²) in [6, 6.07) is 8.60. The molecule has 5 nitrogen and oxygen atoms in total. The van der Waals surface area contributed by atoms with E-state index in [1.165, 1.54) is 36.4 Å². The van der Waals surface area contributed by atoms with Crippen molar-refractivity contribution in [3.05, 3.63) is 59.2 Å². The van der Waals surface area contributed by atoms with Crippen LogP contribution in [0.2, 0.25) is 0 Å². The van der Waals surface area contributed by atoms with Crippen molar-refractivity contribution in [1.82, 2.24) is 4.90 Å². The molecule has 2 aromatic rings. The van der Waals surface area contributed by atoms with E-state index < -0.39 is 36.1 Å². The zero-order valence-corrected chi connectivity index (χ0v) is 12.5. The summed E-state index contributed by atoms with van der Waals surface area (Å²) < 4.78 is 39.5. The highest BCUT2D eigenvalue weighted by atomic mass is 19.4. The molecule has 0 saturated heterocycles. The van der Waals surface area contributed by atoms with E-state index in [0.717, 1.165) is 6.07 Å². The van der Waals surface area contributed by atoms with Crippen molar-refractivity contribution in [2.75, 3.05) is 6.54 Å². The Hall–Kier alpha value is -3.16. The van der Waals surface area contributed by atoms with Crippen molar-refractivity contribution in [3.8, 4) is 11.1 Å². The maximum atomic E-state index is 13.2. The van der Waals surface area contributed by atoms with Crippen molar-refractivity contribution >= 4 is 17.8 Å². The number of carbonyl (C=O) groups excluding carboxylic acids is 2. The van der Waals surface area contributed by atoms with Crippen LogP contribution < -0.4 is 0 Å². The topological polar surface area (TPSA) is 74.7 Å². The molecule has 3 rings (SSSR count). The van der Waals surface area contributed by atoms with Gasteiger partial charge in [-0.3, -0.25) is 19.3 Å². The van der Waals surface area contributed by atoms with E-state index in [-0.39, 0.29) is 22.3 Å². The number of halogens is 3. The minimum absolute atomic E-state index is 0.0283. The number of benzene rings is 2. The molecule has 1 aliphatic heterocycles. The Kier molecular flexibility index (Phi) is 3.82. The van der Waals surface area contributed by atoms with Gasteiger partial charge in [0.2, 0.25) is 0 Å². The third-order valence-corrected chi connectivity index (χ3v) is 3.81. The number of fused-ring (bicyclic) bond motifs is 1. The zero-order valence-electron chi connectivity index (χ0n) is 12.5. The van der Waals surface area contributed by atoms with Crippen molar-refractivity contribution in [3.63, 3.8) is 0 Å². The van der Waals surface area contributed by atoms with Gasteiger partial charge in [-0.05, 0) is 29.3 Å². The maximum absolute atomic E-state index is 13.2. The molecule has 0 saturated carbocycles. The molecule has 2 amide bonds. The van der Waals surface area contributed by atoms with Gasteiger partial charge in [0.25, 0.3) is 11.8 Å². The quantitative estimate of drug-likeness (QED) is 0.865. The first-order chi connectivity index (χ1) is 11.7. The number of hydrogen-bond acceptors (Lipinski definition) is 3. The Morgan fingerprint density at radius 3 is 2.24 bits per heavy atom. The van der Waals surface area contributed by atoms with Gasteiger partial charge in [-0.25, -0.2) is 0 Å². The molecule has 1 aliphatic rings. The van der Waals surface area contributed by atoms with E-state index >= 15 is 0 Å². The number of nitrogens with zero attached hydrogens (tertiary/aromatic N) is 1. The predicted octanol–water partition coefficient (Wildman–Crippen LogP) is 3.05. The Labute approximate surface area is 139 Å². The lowest BCUT2D eigenvalue weighted by atomic mass is 9.96. The second-order valence-corrected chi connectivity index (χ2v) is 5.39. The predicted molar refractivity (Wildman–Crippen MR) is 79.9 cm³/mol. The summed E-state index contributed by atoms with van der Waals surface area (Å²) in [5.74, 6) is -2.98. The van der Waals surface area contributed by atoms with E-state index in [1.54, 1.807) is 0 Å². The van der Waals surface area contributed by atoms with Crippen LogP contribution in [0.5, 0.6) is 0 Å². The van der Waals surface area contributed by atoms with Gasteiger partial charge in [0.1, 0.15) is 6.54 Å². The third kappa shape index (κ3) is 2.86. The molecule has 0 unspecified atom stereocenters. The van der Waals surface area contributed by atoms with Crippen LogP contribution in [-0.2, 0) is 11.0 Å². The van der Waals surface area contributed by atoms with Crippen LogP contribution in [0.15, 0.2) is 42.5 Å². The van der Waals surface area contributed by atoms with Gasteiger partial charge in [-0.1, -0.05) is 24.3 Å². The molecular weight excluding hydrogens is 339 g/mol. The van der Waals surface area contributed by atoms with Gasteiger partial charge >= 0.3 is 12.1 Å². The molecule has 1 N–H and O–H groups in total. The van der Waals surface area contributed by atoms with Crippen molar-refractivity contribution < 1.29 is 32.7 Å². The average Bonchev–Trinajstić information content (AvgIpc) is 2.78. The van der Waals surface area contributed by atoms with Gasteiger partial charge in [-0.15, -0.1) is 0 Å². The van der Waals surface area contributed by atoms with Gasteiger partial charge < -0.3 is 5.11 Å². The molecule has 0 fully saturated rings. The number of imide groups is 1. The number of hydrogen-bond donors (Lipinski definition) is 1. The van der Waals surface area contributed by atoms with Gasteiger partial charge in [-0.2, -0.15) is 13.2 Å². The molecule has 0 aliphatic carbocycles. The van der Waals surface area contributed by atoms with Gasteiger partial charge in [0.15, 0.2) is 0 Å². The SMILES string of the molecule is O=C(O)CN1C(=O)c2ccc(-c3ccccc3C(F)(F)F)cc2C1=O. The average molecular weight is 349 g/mol. The fourth-order valence-corrected chi connectivity index (χ4v) is 2.72. The highest BCUT2D eigenvalue weighted by molar-refractivity contribution is 6.22. The van der Waals surface area contributed by atoms with E-state index in [2.05, 4.69) is 0 Å². The summed E-state index contributed by atoms with van der Waals surface area (Å²) in [6.45, 7) is -0.805. The molecule has 25 heavy (non-hydrogen) atoms. The number of carboxylic acid groups (broad SMARTS) is 1. The largest absolute Gasteiger partial charge is 0.480 e. The van der Waals surface area contributed by atoms with Crippen LogP contribution in [-0.4, -0.2) is 34.3 Å². The normalized spacial score (nSPS) is 14.0. The Morgan fingerprint density at radius 2 is 1.60 bits per heavy atom. The van der Waals surface area contributed by atoms with Crippen LogP contribution in [0, 0.1) is 0 Å². The number of rotatable bonds is 3. The standard InChI is InChI=1S/C17H10F3NO4/c18-17(19,20)13-4-2-1-3-10(13)9-5-6-11-12(7-9)16(25)21(15(11)24)8-14(22)23/h1-7H,8H2,(H,22,23). The molecule has 0 atom stereocenters. The van der Waals surface area contributed by atoms with Gasteiger partial charge in [0, 0.05) is 0 Å². The lowest BCUT2D eigenvalue weighted by Gasteiger charge is -2.13. The molecule has 2 aromatic carbocycles. The molecule has 8 heteroatoms. The highest BCUT2D eigenvalue weighted by Crippen LogP contribution is 2.38. The number of alkyl halides is 3. The van der Waals surface area contributed by atoms with Crippen molar-refractivity contribution in [1.29, 1.82) is 0 Å². The molecular formula is C17H10F3NO4. The highest BCUT2D eigenvalue weighted by Gasteiger charge is 2.38. The summed E-state index contributed by atoms with van der Waals surface area (Å²) in [5, 5.41) is 8.78. The fourth-order valence-electron chi connectivity index (χ4n) is 2.72. The van der Waals surface area contributed by atoms with Crippen LogP contribution >= 0.6 is 0 Å². The fraction of sp³-hybridized carbons (Fsp3) is 0.118. The molecule has 1 heterocycles. The summed E-state index contributed by atoms with van der Waals surface area (Å²) >= 11 is 0. The number of carbonyl (C=O) groups is 3. The van der Waals surface area contributed by atoms with E-state index in [1.807, 2.05) is 0 Å². The second-order valence-electron chi connectivity index (χ2n) is 5.39. The second kappa shape index (κ2) is 5.73. The number of aliphatic carboxylic acids is 1. The minimum Gasteiger partial charge on any atom is -0.480 e. The molecule has 0 radical (unpaired) electrons. The van der Waals surface area contributed by atoms with Crippen molar-refractivity contribution in [2.45, 2.75) is 6.18 Å². The summed E-state index contributed by atoms with van der Waals surface area (Å²) in [6.07, 6.45) is -4.58. The molecule has 128 valence electrons. The van der Waals surface area contributed by atoms with Crippen LogP contribution in [0.4, 0.5) is 13.2 Å². The maximum Gasteiger partial charge on any atom is 0.417 e. The lowest BCUT2D eigenvalue weighted by molar-refractivity contribution is -0.138. The van der Waals surface area contributed by atoms with Gasteiger partial charge in [0.05, 0.1) is 16.7 Å².